The highest BCUT2D eigenvalue weighted by Gasteiger charge is 2.17. The van der Waals surface area contributed by atoms with Crippen LogP contribution in [-0.2, 0) is 9.59 Å². The molecule has 1 aromatic rings. The number of hydrogen-bond acceptors (Lipinski definition) is 3. The Morgan fingerprint density at radius 2 is 2.05 bits per heavy atom. The van der Waals surface area contributed by atoms with Gasteiger partial charge in [0, 0.05) is 10.1 Å². The van der Waals surface area contributed by atoms with Crippen LogP contribution in [0.25, 0.3) is 0 Å². The second-order valence-electron chi connectivity index (χ2n) is 4.60. The quantitative estimate of drug-likeness (QED) is 0.701. The monoisotopic (exact) mass is 390 g/mol. The Morgan fingerprint density at radius 3 is 2.60 bits per heavy atom. The molecule has 2 N–H and O–H groups in total. The molecular weight excluding hydrogens is 371 g/mol. The Kier molecular flexibility index (Phi) is 6.94. The third-order valence-electron chi connectivity index (χ3n) is 2.92. The molecule has 0 heterocycles. The summed E-state index contributed by atoms with van der Waals surface area (Å²) in [6, 6.07) is 7.53. The number of nitrogens with one attached hydrogen (secondary N) is 1. The van der Waals surface area contributed by atoms with E-state index in [0.717, 1.165) is 9.26 Å². The number of halogens is 1. The molecule has 0 bridgehead atoms. The van der Waals surface area contributed by atoms with Crippen molar-refractivity contribution in [3.05, 3.63) is 27.8 Å². The Morgan fingerprint density at radius 1 is 1.40 bits per heavy atom. The standard InChI is InChI=1S/C14H19IN2O3/c1-3-17(8-10(2)14(19)20)9-13(18)16-12-7-5-4-6-11(12)15/h4-7,10H,3,8-9H2,1-2H3,(H,16,18)(H,19,20). The van der Waals surface area contributed by atoms with E-state index in [1.54, 1.807) is 6.92 Å². The zero-order chi connectivity index (χ0) is 15.1. The minimum Gasteiger partial charge on any atom is -0.481 e. The topological polar surface area (TPSA) is 69.6 Å². The van der Waals surface area contributed by atoms with Crippen molar-refractivity contribution in [2.45, 2.75) is 13.8 Å². The van der Waals surface area contributed by atoms with Gasteiger partial charge in [0.2, 0.25) is 5.91 Å². The van der Waals surface area contributed by atoms with Crippen LogP contribution in [0.15, 0.2) is 24.3 Å². The molecule has 0 saturated heterocycles. The number of likely N-dealkylation sites (N-methyl/N-ethyl adjacent to an activating group) is 1. The van der Waals surface area contributed by atoms with Crippen molar-refractivity contribution in [2.24, 2.45) is 5.92 Å². The second kappa shape index (κ2) is 8.21. The van der Waals surface area contributed by atoms with E-state index in [0.29, 0.717) is 13.1 Å². The zero-order valence-corrected chi connectivity index (χ0v) is 13.8. The second-order valence-corrected chi connectivity index (χ2v) is 5.76. The van der Waals surface area contributed by atoms with Gasteiger partial charge in [-0.1, -0.05) is 26.0 Å². The first-order valence-corrected chi connectivity index (χ1v) is 7.51. The van der Waals surface area contributed by atoms with Crippen molar-refractivity contribution in [3.63, 3.8) is 0 Å². The van der Waals surface area contributed by atoms with Gasteiger partial charge in [0.25, 0.3) is 0 Å². The van der Waals surface area contributed by atoms with Gasteiger partial charge in [-0.3, -0.25) is 14.5 Å². The molecule has 1 aromatic carbocycles. The molecule has 110 valence electrons. The van der Waals surface area contributed by atoms with E-state index < -0.39 is 11.9 Å². The molecule has 20 heavy (non-hydrogen) atoms. The van der Waals surface area contributed by atoms with Gasteiger partial charge in [-0.05, 0) is 41.3 Å². The molecule has 0 aliphatic heterocycles. The summed E-state index contributed by atoms with van der Waals surface area (Å²) >= 11 is 2.16. The van der Waals surface area contributed by atoms with Crippen LogP contribution < -0.4 is 5.32 Å². The number of carboxylic acids is 1. The lowest BCUT2D eigenvalue weighted by Crippen LogP contribution is -2.37. The Hall–Kier alpha value is -1.15. The van der Waals surface area contributed by atoms with Crippen LogP contribution in [0.2, 0.25) is 0 Å². The van der Waals surface area contributed by atoms with Crippen molar-refractivity contribution >= 4 is 40.2 Å². The molecule has 5 nitrogen and oxygen atoms in total. The fourth-order valence-electron chi connectivity index (χ4n) is 1.73. The van der Waals surface area contributed by atoms with E-state index in [1.807, 2.05) is 36.1 Å². The number of benzene rings is 1. The molecule has 1 atom stereocenters. The Bertz CT molecular complexity index is 479. The van der Waals surface area contributed by atoms with Crippen LogP contribution in [0.1, 0.15) is 13.8 Å². The first-order valence-electron chi connectivity index (χ1n) is 6.43. The van der Waals surface area contributed by atoms with Crippen LogP contribution in [0.3, 0.4) is 0 Å². The molecule has 1 unspecified atom stereocenters. The van der Waals surface area contributed by atoms with E-state index in [9.17, 15) is 9.59 Å². The van der Waals surface area contributed by atoms with Gasteiger partial charge in [-0.25, -0.2) is 0 Å². The molecule has 0 radical (unpaired) electrons. The fourth-order valence-corrected chi connectivity index (χ4v) is 2.25. The number of carbonyl (C=O) groups is 2. The molecule has 0 aliphatic carbocycles. The number of para-hydroxylation sites is 1. The predicted octanol–water partition coefficient (Wildman–Crippen LogP) is 2.27. The van der Waals surface area contributed by atoms with Crippen LogP contribution >= 0.6 is 22.6 Å². The van der Waals surface area contributed by atoms with E-state index in [1.165, 1.54) is 0 Å². The average molecular weight is 390 g/mol. The van der Waals surface area contributed by atoms with Crippen molar-refractivity contribution in [2.75, 3.05) is 25.0 Å². The number of hydrogen-bond donors (Lipinski definition) is 2. The van der Waals surface area contributed by atoms with Gasteiger partial charge in [0.1, 0.15) is 0 Å². The summed E-state index contributed by atoms with van der Waals surface area (Å²) in [6.07, 6.45) is 0. The lowest BCUT2D eigenvalue weighted by atomic mass is 10.1. The van der Waals surface area contributed by atoms with E-state index in [4.69, 9.17) is 5.11 Å². The van der Waals surface area contributed by atoms with Crippen LogP contribution in [-0.4, -0.2) is 41.5 Å². The number of nitrogens with zero attached hydrogens (tertiary/aromatic N) is 1. The summed E-state index contributed by atoms with van der Waals surface area (Å²) < 4.78 is 0.973. The average Bonchev–Trinajstić information content (AvgIpc) is 2.40. The summed E-state index contributed by atoms with van der Waals surface area (Å²) in [5.41, 5.74) is 0.778. The number of aliphatic carboxylic acids is 1. The highest BCUT2D eigenvalue weighted by molar-refractivity contribution is 14.1. The smallest absolute Gasteiger partial charge is 0.307 e. The fraction of sp³-hybridized carbons (Fsp3) is 0.429. The van der Waals surface area contributed by atoms with Crippen LogP contribution in [0.5, 0.6) is 0 Å². The van der Waals surface area contributed by atoms with Crippen molar-refractivity contribution < 1.29 is 14.7 Å². The normalized spacial score (nSPS) is 12.2. The lowest BCUT2D eigenvalue weighted by molar-refractivity contribution is -0.142. The largest absolute Gasteiger partial charge is 0.481 e. The molecule has 1 amide bonds. The van der Waals surface area contributed by atoms with Gasteiger partial charge in [0.05, 0.1) is 18.2 Å². The van der Waals surface area contributed by atoms with Gasteiger partial charge in [0.15, 0.2) is 0 Å². The van der Waals surface area contributed by atoms with Crippen LogP contribution in [0, 0.1) is 9.49 Å². The molecule has 1 rings (SSSR count). The molecule has 6 heteroatoms. The molecular formula is C14H19IN2O3. The molecule has 0 spiro atoms. The summed E-state index contributed by atoms with van der Waals surface area (Å²) in [4.78, 5) is 24.6. The first kappa shape index (κ1) is 16.9. The third kappa shape index (κ3) is 5.46. The van der Waals surface area contributed by atoms with Crippen molar-refractivity contribution in [3.8, 4) is 0 Å². The minimum atomic E-state index is -0.846. The van der Waals surface area contributed by atoms with Gasteiger partial charge >= 0.3 is 5.97 Å². The summed E-state index contributed by atoms with van der Waals surface area (Å²) in [5, 5.41) is 11.7. The summed E-state index contributed by atoms with van der Waals surface area (Å²) in [6.45, 7) is 4.75. The summed E-state index contributed by atoms with van der Waals surface area (Å²) in [5.74, 6) is -1.46. The van der Waals surface area contributed by atoms with Crippen LogP contribution in [0.4, 0.5) is 5.69 Å². The Balaban J connectivity index is 2.55. The maximum atomic E-state index is 12.0. The zero-order valence-electron chi connectivity index (χ0n) is 11.6. The van der Waals surface area contributed by atoms with Gasteiger partial charge < -0.3 is 10.4 Å². The Labute approximate surface area is 132 Å². The van der Waals surface area contributed by atoms with E-state index >= 15 is 0 Å². The predicted molar refractivity (Wildman–Crippen MR) is 86.7 cm³/mol. The SMILES string of the molecule is CCN(CC(=O)Nc1ccccc1I)CC(C)C(=O)O. The number of carboxylic acid groups (broad SMARTS) is 1. The van der Waals surface area contributed by atoms with Crippen molar-refractivity contribution in [1.29, 1.82) is 0 Å². The maximum Gasteiger partial charge on any atom is 0.307 e. The molecule has 0 aliphatic rings. The minimum absolute atomic E-state index is 0.131. The number of carbonyl (C=O) groups excluding carboxylic acids is 1. The van der Waals surface area contributed by atoms with Crippen molar-refractivity contribution in [1.82, 2.24) is 4.90 Å². The highest BCUT2D eigenvalue weighted by atomic mass is 127. The number of anilines is 1. The number of amides is 1. The highest BCUT2D eigenvalue weighted by Crippen LogP contribution is 2.16. The maximum absolute atomic E-state index is 12.0. The molecule has 0 aromatic heterocycles. The first-order chi connectivity index (χ1) is 9.43. The van der Waals surface area contributed by atoms with E-state index in [-0.39, 0.29) is 12.5 Å². The van der Waals surface area contributed by atoms with Gasteiger partial charge in [-0.2, -0.15) is 0 Å². The molecule has 0 saturated carbocycles. The van der Waals surface area contributed by atoms with Gasteiger partial charge in [-0.15, -0.1) is 0 Å². The lowest BCUT2D eigenvalue weighted by Gasteiger charge is -2.21. The summed E-state index contributed by atoms with van der Waals surface area (Å²) in [7, 11) is 0. The number of rotatable bonds is 7. The molecule has 0 fully saturated rings. The van der Waals surface area contributed by atoms with E-state index in [2.05, 4.69) is 27.9 Å². The third-order valence-corrected chi connectivity index (χ3v) is 3.86.